The molecule has 6 rings (SSSR count). The molecule has 1 amide bonds. The molecule has 4 nitrogen and oxygen atoms in total. The van der Waals surface area contributed by atoms with Crippen molar-refractivity contribution in [1.82, 2.24) is 10.3 Å². The van der Waals surface area contributed by atoms with E-state index in [1.54, 1.807) is 24.4 Å². The number of ether oxygens (including phenoxy) is 1. The van der Waals surface area contributed by atoms with Crippen LogP contribution >= 0.6 is 0 Å². The molecule has 0 spiro atoms. The van der Waals surface area contributed by atoms with Crippen molar-refractivity contribution in [3.8, 4) is 16.9 Å². The van der Waals surface area contributed by atoms with Gasteiger partial charge in [0.1, 0.15) is 17.3 Å². The van der Waals surface area contributed by atoms with Crippen LogP contribution in [0.2, 0.25) is 0 Å². The van der Waals surface area contributed by atoms with Gasteiger partial charge < -0.3 is 15.0 Å². The number of nitrogens with one attached hydrogen (secondary N) is 2. The summed E-state index contributed by atoms with van der Waals surface area (Å²) in [5, 5.41) is 3.29. The first-order valence-corrected chi connectivity index (χ1v) is 9.94. The maximum atomic E-state index is 14.3. The molecule has 5 heteroatoms. The van der Waals surface area contributed by atoms with E-state index in [1.165, 1.54) is 45.3 Å². The fraction of sp³-hybridized carbons (Fsp3) is 0.500. The van der Waals surface area contributed by atoms with Crippen LogP contribution in [0, 0.1) is 29.5 Å². The van der Waals surface area contributed by atoms with E-state index in [0.717, 1.165) is 11.8 Å². The van der Waals surface area contributed by atoms with E-state index < -0.39 is 0 Å². The molecule has 0 saturated heterocycles. The Morgan fingerprint density at radius 3 is 2.44 bits per heavy atom. The lowest BCUT2D eigenvalue weighted by Crippen LogP contribution is -2.55. The Morgan fingerprint density at radius 1 is 1.11 bits per heavy atom. The summed E-state index contributed by atoms with van der Waals surface area (Å²) >= 11 is 0. The quantitative estimate of drug-likeness (QED) is 0.841. The third kappa shape index (κ3) is 2.93. The zero-order valence-corrected chi connectivity index (χ0v) is 15.5. The van der Waals surface area contributed by atoms with Crippen molar-refractivity contribution in [3.63, 3.8) is 0 Å². The van der Waals surface area contributed by atoms with E-state index in [2.05, 4.69) is 10.3 Å². The Balaban J connectivity index is 1.32. The highest BCUT2D eigenvalue weighted by atomic mass is 19.1. The lowest BCUT2D eigenvalue weighted by atomic mass is 9.54. The molecule has 2 N–H and O–H groups in total. The van der Waals surface area contributed by atoms with E-state index in [9.17, 15) is 9.18 Å². The zero-order chi connectivity index (χ0) is 18.5. The molecule has 0 unspecified atom stereocenters. The van der Waals surface area contributed by atoms with Crippen LogP contribution in [0.15, 0.2) is 30.5 Å². The molecule has 2 aromatic rings. The Hall–Kier alpha value is -2.30. The molecule has 0 radical (unpaired) electrons. The van der Waals surface area contributed by atoms with Crippen LogP contribution in [-0.4, -0.2) is 24.0 Å². The monoisotopic (exact) mass is 368 g/mol. The van der Waals surface area contributed by atoms with Crippen LogP contribution in [-0.2, 0) is 0 Å². The SMILES string of the molecule is COc1ccc(-c2c[nH]c(C(=O)NC3C4CC5CC(C4)CC3C5)c2)c(F)c1. The van der Waals surface area contributed by atoms with Crippen LogP contribution < -0.4 is 10.1 Å². The Kier molecular flexibility index (Phi) is 3.99. The van der Waals surface area contributed by atoms with Crippen molar-refractivity contribution in [3.05, 3.63) is 42.0 Å². The summed E-state index contributed by atoms with van der Waals surface area (Å²) in [7, 11) is 1.51. The van der Waals surface area contributed by atoms with E-state index in [1.807, 2.05) is 0 Å². The summed E-state index contributed by atoms with van der Waals surface area (Å²) < 4.78 is 19.4. The number of methoxy groups -OCH3 is 1. The molecule has 27 heavy (non-hydrogen) atoms. The van der Waals surface area contributed by atoms with Gasteiger partial charge in [-0.1, -0.05) is 0 Å². The zero-order valence-electron chi connectivity index (χ0n) is 15.5. The standard InChI is InChI=1S/C22H25FN2O2/c1-27-17-2-3-18(19(23)10-17)16-9-20(24-11-16)22(26)25-21-14-5-12-4-13(7-14)8-15(21)6-12/h2-3,9-15,21,24H,4-8H2,1H3,(H,25,26). The van der Waals surface area contributed by atoms with Gasteiger partial charge in [-0.05, 0) is 74.0 Å². The molecule has 4 aliphatic rings. The first-order valence-electron chi connectivity index (χ1n) is 9.94. The molecule has 4 saturated carbocycles. The highest BCUT2D eigenvalue weighted by Crippen LogP contribution is 2.53. The van der Waals surface area contributed by atoms with Gasteiger partial charge in [-0.25, -0.2) is 4.39 Å². The van der Waals surface area contributed by atoms with Crippen LogP contribution in [0.4, 0.5) is 4.39 Å². The fourth-order valence-electron chi connectivity index (χ4n) is 5.93. The molecule has 4 bridgehead atoms. The number of H-pyrrole nitrogens is 1. The maximum absolute atomic E-state index is 14.3. The van der Waals surface area contributed by atoms with Crippen molar-refractivity contribution in [2.24, 2.45) is 23.7 Å². The van der Waals surface area contributed by atoms with Crippen LogP contribution in [0.5, 0.6) is 5.75 Å². The van der Waals surface area contributed by atoms with Gasteiger partial charge in [0.05, 0.1) is 7.11 Å². The lowest BCUT2D eigenvalue weighted by molar-refractivity contribution is -0.0120. The molecule has 1 aromatic heterocycles. The average molecular weight is 368 g/mol. The van der Waals surface area contributed by atoms with Crippen LogP contribution in [0.25, 0.3) is 11.1 Å². The first-order chi connectivity index (χ1) is 13.1. The van der Waals surface area contributed by atoms with Gasteiger partial charge in [-0.3, -0.25) is 4.79 Å². The van der Waals surface area contributed by atoms with E-state index in [-0.39, 0.29) is 11.7 Å². The van der Waals surface area contributed by atoms with Crippen molar-refractivity contribution in [2.75, 3.05) is 7.11 Å². The normalized spacial score (nSPS) is 31.1. The summed E-state index contributed by atoms with van der Waals surface area (Å²) in [6.07, 6.45) is 8.17. The largest absolute Gasteiger partial charge is 0.497 e. The second-order valence-corrected chi connectivity index (χ2v) is 8.58. The summed E-state index contributed by atoms with van der Waals surface area (Å²) in [5.41, 5.74) is 1.63. The number of carbonyl (C=O) groups excluding carboxylic acids is 1. The van der Waals surface area contributed by atoms with Crippen molar-refractivity contribution < 1.29 is 13.9 Å². The molecular weight excluding hydrogens is 343 g/mol. The molecule has 1 heterocycles. The van der Waals surface area contributed by atoms with Crippen LogP contribution in [0.1, 0.15) is 42.6 Å². The molecule has 0 atom stereocenters. The first kappa shape index (κ1) is 16.8. The van der Waals surface area contributed by atoms with Crippen molar-refractivity contribution in [1.29, 1.82) is 0 Å². The Labute approximate surface area is 158 Å². The summed E-state index contributed by atoms with van der Waals surface area (Å²) in [5.74, 6) is 3.09. The second-order valence-electron chi connectivity index (χ2n) is 8.58. The predicted molar refractivity (Wildman–Crippen MR) is 101 cm³/mol. The Bertz CT molecular complexity index is 847. The molecule has 1 aromatic carbocycles. The number of amides is 1. The third-order valence-electron chi connectivity index (χ3n) is 6.94. The molecule has 4 fully saturated rings. The predicted octanol–water partition coefficient (Wildman–Crippen LogP) is 4.38. The fourth-order valence-corrected chi connectivity index (χ4v) is 5.93. The lowest BCUT2D eigenvalue weighted by Gasteiger charge is -2.54. The summed E-state index contributed by atoms with van der Waals surface area (Å²) in [4.78, 5) is 15.8. The number of rotatable bonds is 4. The van der Waals surface area contributed by atoms with Gasteiger partial charge in [0, 0.05) is 29.4 Å². The third-order valence-corrected chi connectivity index (χ3v) is 6.94. The maximum Gasteiger partial charge on any atom is 0.267 e. The average Bonchev–Trinajstić information content (AvgIpc) is 3.13. The van der Waals surface area contributed by atoms with E-state index >= 15 is 0 Å². The second kappa shape index (κ2) is 6.39. The smallest absolute Gasteiger partial charge is 0.267 e. The molecular formula is C22H25FN2O2. The summed E-state index contributed by atoms with van der Waals surface area (Å²) in [6.45, 7) is 0. The number of aromatic nitrogens is 1. The highest BCUT2D eigenvalue weighted by Gasteiger charge is 2.48. The number of hydrogen-bond acceptors (Lipinski definition) is 2. The minimum absolute atomic E-state index is 0.0763. The van der Waals surface area contributed by atoms with Gasteiger partial charge >= 0.3 is 0 Å². The number of hydrogen-bond donors (Lipinski definition) is 2. The van der Waals surface area contributed by atoms with E-state index in [4.69, 9.17) is 4.74 Å². The molecule has 4 aliphatic carbocycles. The van der Waals surface area contributed by atoms with Crippen molar-refractivity contribution in [2.45, 2.75) is 38.1 Å². The highest BCUT2D eigenvalue weighted by molar-refractivity contribution is 5.94. The van der Waals surface area contributed by atoms with Crippen molar-refractivity contribution >= 4 is 5.91 Å². The van der Waals surface area contributed by atoms with E-state index in [0.29, 0.717) is 40.4 Å². The van der Waals surface area contributed by atoms with Gasteiger partial charge in [-0.15, -0.1) is 0 Å². The molecule has 142 valence electrons. The van der Waals surface area contributed by atoms with Gasteiger partial charge in [-0.2, -0.15) is 0 Å². The number of aromatic amines is 1. The minimum atomic E-state index is -0.360. The van der Waals surface area contributed by atoms with Gasteiger partial charge in [0.25, 0.3) is 5.91 Å². The van der Waals surface area contributed by atoms with Gasteiger partial charge in [0.15, 0.2) is 0 Å². The van der Waals surface area contributed by atoms with Gasteiger partial charge in [0.2, 0.25) is 0 Å². The minimum Gasteiger partial charge on any atom is -0.497 e. The van der Waals surface area contributed by atoms with Crippen LogP contribution in [0.3, 0.4) is 0 Å². The Morgan fingerprint density at radius 2 is 1.81 bits per heavy atom. The topological polar surface area (TPSA) is 54.1 Å². The molecule has 0 aliphatic heterocycles. The number of carbonyl (C=O) groups is 1. The summed E-state index contributed by atoms with van der Waals surface area (Å²) in [6, 6.07) is 6.79. The number of halogens is 1. The number of benzene rings is 1.